The SMILES string of the molecule is Cc1ccc(OCCc2ccccc2)c(OCCc2ccccc2)c1. The highest BCUT2D eigenvalue weighted by molar-refractivity contribution is 5.42. The molecular formula is C23H24O2. The van der Waals surface area contributed by atoms with Crippen LogP contribution in [0.1, 0.15) is 16.7 Å². The second-order valence-electron chi connectivity index (χ2n) is 6.12. The summed E-state index contributed by atoms with van der Waals surface area (Å²) in [6.07, 6.45) is 1.77. The smallest absolute Gasteiger partial charge is 0.161 e. The number of aryl methyl sites for hydroxylation is 1. The molecule has 0 spiro atoms. The summed E-state index contributed by atoms with van der Waals surface area (Å²) in [6, 6.07) is 26.9. The van der Waals surface area contributed by atoms with Crippen LogP contribution < -0.4 is 9.47 Å². The van der Waals surface area contributed by atoms with Gasteiger partial charge in [0.05, 0.1) is 13.2 Å². The molecule has 0 unspecified atom stereocenters. The topological polar surface area (TPSA) is 18.5 Å². The summed E-state index contributed by atoms with van der Waals surface area (Å²) in [4.78, 5) is 0. The third-order valence-electron chi connectivity index (χ3n) is 4.08. The lowest BCUT2D eigenvalue weighted by Crippen LogP contribution is -2.06. The molecule has 0 aliphatic heterocycles. The van der Waals surface area contributed by atoms with Crippen molar-refractivity contribution in [3.8, 4) is 11.5 Å². The van der Waals surface area contributed by atoms with Gasteiger partial charge >= 0.3 is 0 Å². The van der Waals surface area contributed by atoms with Crippen LogP contribution in [0.25, 0.3) is 0 Å². The van der Waals surface area contributed by atoms with E-state index >= 15 is 0 Å². The summed E-state index contributed by atoms with van der Waals surface area (Å²) in [5.41, 5.74) is 3.73. The predicted octanol–water partition coefficient (Wildman–Crippen LogP) is 5.24. The maximum Gasteiger partial charge on any atom is 0.161 e. The summed E-state index contributed by atoms with van der Waals surface area (Å²) in [7, 11) is 0. The van der Waals surface area contributed by atoms with Crippen LogP contribution >= 0.6 is 0 Å². The first-order valence-corrected chi connectivity index (χ1v) is 8.75. The fourth-order valence-electron chi connectivity index (χ4n) is 2.69. The van der Waals surface area contributed by atoms with Gasteiger partial charge < -0.3 is 9.47 Å². The molecule has 0 N–H and O–H groups in total. The van der Waals surface area contributed by atoms with Crippen molar-refractivity contribution in [1.82, 2.24) is 0 Å². The Morgan fingerprint density at radius 1 is 0.600 bits per heavy atom. The second-order valence-corrected chi connectivity index (χ2v) is 6.12. The molecule has 0 amide bonds. The third-order valence-corrected chi connectivity index (χ3v) is 4.08. The molecule has 3 rings (SSSR count). The van der Waals surface area contributed by atoms with E-state index in [0.29, 0.717) is 13.2 Å². The fourth-order valence-corrected chi connectivity index (χ4v) is 2.69. The Morgan fingerprint density at radius 2 is 1.12 bits per heavy atom. The van der Waals surface area contributed by atoms with E-state index in [1.165, 1.54) is 16.7 Å². The average molecular weight is 332 g/mol. The molecule has 128 valence electrons. The Kier molecular flexibility index (Phi) is 6.11. The van der Waals surface area contributed by atoms with E-state index in [0.717, 1.165) is 24.3 Å². The van der Waals surface area contributed by atoms with Crippen LogP contribution in [0.15, 0.2) is 78.9 Å². The minimum Gasteiger partial charge on any atom is -0.489 e. The normalized spacial score (nSPS) is 10.4. The van der Waals surface area contributed by atoms with E-state index < -0.39 is 0 Å². The lowest BCUT2D eigenvalue weighted by Gasteiger charge is -2.14. The molecule has 3 aromatic carbocycles. The molecule has 0 saturated carbocycles. The summed E-state index contributed by atoms with van der Waals surface area (Å²) < 4.78 is 12.0. The summed E-state index contributed by atoms with van der Waals surface area (Å²) in [5, 5.41) is 0. The quantitative estimate of drug-likeness (QED) is 0.562. The first-order chi connectivity index (χ1) is 12.3. The van der Waals surface area contributed by atoms with Crippen LogP contribution in [0, 0.1) is 6.92 Å². The van der Waals surface area contributed by atoms with Gasteiger partial charge in [-0.05, 0) is 35.7 Å². The van der Waals surface area contributed by atoms with Crippen molar-refractivity contribution < 1.29 is 9.47 Å². The molecule has 0 heterocycles. The summed E-state index contributed by atoms with van der Waals surface area (Å²) in [5.74, 6) is 1.64. The molecule has 2 nitrogen and oxygen atoms in total. The number of rotatable bonds is 8. The zero-order valence-electron chi connectivity index (χ0n) is 14.7. The first-order valence-electron chi connectivity index (χ1n) is 8.75. The van der Waals surface area contributed by atoms with Crippen LogP contribution in [0.4, 0.5) is 0 Å². The minimum atomic E-state index is 0.641. The van der Waals surface area contributed by atoms with Gasteiger partial charge in [0.1, 0.15) is 0 Å². The Morgan fingerprint density at radius 3 is 1.68 bits per heavy atom. The van der Waals surface area contributed by atoms with E-state index in [1.54, 1.807) is 0 Å². The molecule has 2 heteroatoms. The largest absolute Gasteiger partial charge is 0.489 e. The van der Waals surface area contributed by atoms with Gasteiger partial charge in [-0.25, -0.2) is 0 Å². The van der Waals surface area contributed by atoms with Crippen molar-refractivity contribution in [2.24, 2.45) is 0 Å². The van der Waals surface area contributed by atoms with Crippen LogP contribution in [0.2, 0.25) is 0 Å². The Hall–Kier alpha value is -2.74. The number of benzene rings is 3. The van der Waals surface area contributed by atoms with Gasteiger partial charge in [-0.15, -0.1) is 0 Å². The molecular weight excluding hydrogens is 308 g/mol. The first kappa shape index (κ1) is 17.1. The summed E-state index contributed by atoms with van der Waals surface area (Å²) in [6.45, 7) is 3.35. The molecule has 3 aromatic rings. The van der Waals surface area contributed by atoms with Gasteiger partial charge in [0, 0.05) is 12.8 Å². The summed E-state index contributed by atoms with van der Waals surface area (Å²) >= 11 is 0. The standard InChI is InChI=1S/C23H24O2/c1-19-12-13-22(24-16-14-20-8-4-2-5-9-20)23(18-19)25-17-15-21-10-6-3-7-11-21/h2-13,18H,14-17H2,1H3. The second kappa shape index (κ2) is 8.93. The van der Waals surface area contributed by atoms with Gasteiger partial charge in [0.2, 0.25) is 0 Å². The third kappa shape index (κ3) is 5.39. The Labute approximate surface area is 150 Å². The highest BCUT2D eigenvalue weighted by Gasteiger charge is 2.06. The zero-order valence-corrected chi connectivity index (χ0v) is 14.7. The maximum absolute atomic E-state index is 6.00. The van der Waals surface area contributed by atoms with Gasteiger partial charge in [-0.1, -0.05) is 66.7 Å². The minimum absolute atomic E-state index is 0.641. The lowest BCUT2D eigenvalue weighted by atomic mass is 10.1. The number of hydrogen-bond acceptors (Lipinski definition) is 2. The van der Waals surface area contributed by atoms with Gasteiger partial charge in [0.15, 0.2) is 11.5 Å². The van der Waals surface area contributed by atoms with Gasteiger partial charge in [-0.3, -0.25) is 0 Å². The van der Waals surface area contributed by atoms with E-state index in [1.807, 2.05) is 24.3 Å². The fraction of sp³-hybridized carbons (Fsp3) is 0.217. The molecule has 25 heavy (non-hydrogen) atoms. The van der Waals surface area contributed by atoms with E-state index in [9.17, 15) is 0 Å². The number of hydrogen-bond donors (Lipinski definition) is 0. The van der Waals surface area contributed by atoms with Gasteiger partial charge in [0.25, 0.3) is 0 Å². The van der Waals surface area contributed by atoms with Crippen LogP contribution in [0.5, 0.6) is 11.5 Å². The van der Waals surface area contributed by atoms with Crippen molar-refractivity contribution in [1.29, 1.82) is 0 Å². The zero-order chi connectivity index (χ0) is 17.3. The van der Waals surface area contributed by atoms with Crippen molar-refractivity contribution in [2.45, 2.75) is 19.8 Å². The van der Waals surface area contributed by atoms with E-state index in [4.69, 9.17) is 9.47 Å². The average Bonchev–Trinajstić information content (AvgIpc) is 2.65. The maximum atomic E-state index is 6.00. The highest BCUT2D eigenvalue weighted by Crippen LogP contribution is 2.28. The van der Waals surface area contributed by atoms with Gasteiger partial charge in [-0.2, -0.15) is 0 Å². The number of ether oxygens (including phenoxy) is 2. The molecule has 0 aliphatic rings. The van der Waals surface area contributed by atoms with E-state index in [2.05, 4.69) is 61.5 Å². The van der Waals surface area contributed by atoms with E-state index in [-0.39, 0.29) is 0 Å². The highest BCUT2D eigenvalue weighted by atomic mass is 16.5. The predicted molar refractivity (Wildman–Crippen MR) is 102 cm³/mol. The molecule has 0 fully saturated rings. The molecule has 0 aromatic heterocycles. The Balaban J connectivity index is 1.56. The molecule has 0 bridgehead atoms. The van der Waals surface area contributed by atoms with Crippen LogP contribution in [-0.4, -0.2) is 13.2 Å². The van der Waals surface area contributed by atoms with Crippen molar-refractivity contribution in [3.63, 3.8) is 0 Å². The molecule has 0 saturated heterocycles. The van der Waals surface area contributed by atoms with Crippen molar-refractivity contribution in [3.05, 3.63) is 95.6 Å². The van der Waals surface area contributed by atoms with Crippen LogP contribution in [0.3, 0.4) is 0 Å². The Bertz CT molecular complexity index is 767. The molecule has 0 aliphatic carbocycles. The lowest BCUT2D eigenvalue weighted by molar-refractivity contribution is 0.272. The molecule has 0 atom stereocenters. The molecule has 0 radical (unpaired) electrons. The van der Waals surface area contributed by atoms with Crippen molar-refractivity contribution in [2.75, 3.05) is 13.2 Å². The van der Waals surface area contributed by atoms with Crippen LogP contribution in [-0.2, 0) is 12.8 Å². The monoisotopic (exact) mass is 332 g/mol. The van der Waals surface area contributed by atoms with Crippen molar-refractivity contribution >= 4 is 0 Å².